The van der Waals surface area contributed by atoms with Crippen LogP contribution in [-0.2, 0) is 0 Å². The summed E-state index contributed by atoms with van der Waals surface area (Å²) >= 11 is 1.59. The second-order valence-corrected chi connectivity index (χ2v) is 7.83. The van der Waals surface area contributed by atoms with Gasteiger partial charge < -0.3 is 10.2 Å². The standard InChI is InChI=1S/C20H24N4OS/c1-12-8-13(2)18(14(3)9-12)16-11-26-20(22-16)23-19(25)15-6-7-21-17(10-15)24(4)5/h6-10,16H,11H2,1-5H3,(H,22,23,25). The fourth-order valence-corrected chi connectivity index (χ4v) is 4.20. The van der Waals surface area contributed by atoms with Crippen LogP contribution in [0.2, 0.25) is 0 Å². The van der Waals surface area contributed by atoms with Crippen LogP contribution in [0.5, 0.6) is 0 Å². The van der Waals surface area contributed by atoms with Crippen molar-refractivity contribution in [2.75, 3.05) is 24.7 Å². The number of aliphatic imine (C=N–C) groups is 1. The van der Waals surface area contributed by atoms with Crippen molar-refractivity contribution in [1.82, 2.24) is 10.3 Å². The number of thioether (sulfide) groups is 1. The molecule has 1 amide bonds. The Morgan fingerprint density at radius 1 is 1.19 bits per heavy atom. The zero-order valence-corrected chi connectivity index (χ0v) is 16.6. The van der Waals surface area contributed by atoms with E-state index in [1.54, 1.807) is 30.1 Å². The largest absolute Gasteiger partial charge is 0.363 e. The third-order valence-electron chi connectivity index (χ3n) is 4.41. The highest BCUT2D eigenvalue weighted by molar-refractivity contribution is 8.14. The van der Waals surface area contributed by atoms with E-state index >= 15 is 0 Å². The van der Waals surface area contributed by atoms with Crippen LogP contribution in [0.15, 0.2) is 35.5 Å². The Morgan fingerprint density at radius 2 is 1.88 bits per heavy atom. The van der Waals surface area contributed by atoms with Crippen LogP contribution in [0.3, 0.4) is 0 Å². The Bertz CT molecular complexity index is 853. The van der Waals surface area contributed by atoms with Gasteiger partial charge in [0.1, 0.15) is 5.82 Å². The molecule has 0 radical (unpaired) electrons. The fraction of sp³-hybridized carbons (Fsp3) is 0.350. The van der Waals surface area contributed by atoms with Crippen LogP contribution in [0.25, 0.3) is 0 Å². The lowest BCUT2D eigenvalue weighted by molar-refractivity contribution is 0.0978. The molecule has 2 heterocycles. The summed E-state index contributed by atoms with van der Waals surface area (Å²) in [4.78, 5) is 23.4. The third kappa shape index (κ3) is 3.90. The number of aromatic nitrogens is 1. The van der Waals surface area contributed by atoms with Crippen molar-refractivity contribution < 1.29 is 4.79 Å². The minimum absolute atomic E-state index is 0.0886. The van der Waals surface area contributed by atoms with Crippen LogP contribution < -0.4 is 10.2 Å². The molecule has 26 heavy (non-hydrogen) atoms. The lowest BCUT2D eigenvalue weighted by Crippen LogP contribution is -2.27. The number of anilines is 1. The van der Waals surface area contributed by atoms with Crippen molar-refractivity contribution in [2.24, 2.45) is 4.99 Å². The monoisotopic (exact) mass is 368 g/mol. The van der Waals surface area contributed by atoms with Gasteiger partial charge in [-0.25, -0.2) is 4.98 Å². The molecule has 0 saturated heterocycles. The van der Waals surface area contributed by atoms with Gasteiger partial charge >= 0.3 is 0 Å². The number of benzene rings is 1. The van der Waals surface area contributed by atoms with E-state index in [0.717, 1.165) is 11.6 Å². The summed E-state index contributed by atoms with van der Waals surface area (Å²) in [5.74, 6) is 1.45. The molecule has 0 fully saturated rings. The van der Waals surface area contributed by atoms with E-state index in [1.807, 2.05) is 19.0 Å². The minimum Gasteiger partial charge on any atom is -0.363 e. The Morgan fingerprint density at radius 3 is 2.54 bits per heavy atom. The average molecular weight is 369 g/mol. The SMILES string of the molecule is Cc1cc(C)c(C2CSC(NC(=O)c3ccnc(N(C)C)c3)=N2)c(C)c1. The van der Waals surface area contributed by atoms with Gasteiger partial charge in [-0.3, -0.25) is 9.79 Å². The topological polar surface area (TPSA) is 57.6 Å². The highest BCUT2D eigenvalue weighted by Crippen LogP contribution is 2.34. The van der Waals surface area contributed by atoms with Crippen LogP contribution in [0.1, 0.15) is 38.7 Å². The maximum Gasteiger partial charge on any atom is 0.257 e. The fourth-order valence-electron chi connectivity index (χ4n) is 3.28. The van der Waals surface area contributed by atoms with Gasteiger partial charge in [0.05, 0.1) is 6.04 Å². The molecule has 1 aromatic heterocycles. The lowest BCUT2D eigenvalue weighted by atomic mass is 9.95. The number of carbonyl (C=O) groups is 1. The molecule has 3 rings (SSSR count). The molecule has 1 unspecified atom stereocenters. The minimum atomic E-state index is -0.153. The van der Waals surface area contributed by atoms with Gasteiger partial charge in [0.15, 0.2) is 5.17 Å². The molecule has 1 aliphatic rings. The molecule has 1 atom stereocenters. The van der Waals surface area contributed by atoms with Crippen molar-refractivity contribution in [2.45, 2.75) is 26.8 Å². The van der Waals surface area contributed by atoms with Crippen LogP contribution >= 0.6 is 11.8 Å². The van der Waals surface area contributed by atoms with E-state index in [1.165, 1.54) is 22.3 Å². The number of nitrogens with zero attached hydrogens (tertiary/aromatic N) is 3. The van der Waals surface area contributed by atoms with Gasteiger partial charge in [-0.05, 0) is 49.6 Å². The summed E-state index contributed by atoms with van der Waals surface area (Å²) in [5.41, 5.74) is 5.63. The summed E-state index contributed by atoms with van der Waals surface area (Å²) in [6.45, 7) is 6.37. The molecule has 2 aromatic rings. The molecule has 5 nitrogen and oxygen atoms in total. The first kappa shape index (κ1) is 18.5. The van der Waals surface area contributed by atoms with Gasteiger partial charge in [-0.1, -0.05) is 29.5 Å². The smallest absolute Gasteiger partial charge is 0.257 e. The van der Waals surface area contributed by atoms with Crippen molar-refractivity contribution in [3.8, 4) is 0 Å². The van der Waals surface area contributed by atoms with Crippen molar-refractivity contribution >= 4 is 28.7 Å². The molecular weight excluding hydrogens is 344 g/mol. The number of hydrogen-bond donors (Lipinski definition) is 1. The molecule has 136 valence electrons. The number of amides is 1. The van der Waals surface area contributed by atoms with Crippen LogP contribution in [0.4, 0.5) is 5.82 Å². The highest BCUT2D eigenvalue weighted by Gasteiger charge is 2.24. The number of carbonyl (C=O) groups excluding carboxylic acids is 1. The van der Waals surface area contributed by atoms with E-state index in [2.05, 4.69) is 43.2 Å². The average Bonchev–Trinajstić information content (AvgIpc) is 3.02. The normalized spacial score (nSPS) is 16.3. The Balaban J connectivity index is 1.77. The van der Waals surface area contributed by atoms with E-state index in [0.29, 0.717) is 10.7 Å². The Labute approximate surface area is 158 Å². The molecular formula is C20H24N4OS. The number of pyridine rings is 1. The van der Waals surface area contributed by atoms with E-state index in [9.17, 15) is 4.79 Å². The van der Waals surface area contributed by atoms with E-state index in [4.69, 9.17) is 4.99 Å². The maximum absolute atomic E-state index is 12.5. The number of hydrogen-bond acceptors (Lipinski definition) is 5. The van der Waals surface area contributed by atoms with Gasteiger partial charge in [-0.2, -0.15) is 0 Å². The van der Waals surface area contributed by atoms with Crippen molar-refractivity contribution in [1.29, 1.82) is 0 Å². The zero-order chi connectivity index (χ0) is 18.8. The number of aryl methyl sites for hydroxylation is 3. The number of rotatable bonds is 3. The number of amidine groups is 1. The third-order valence-corrected chi connectivity index (χ3v) is 5.37. The second kappa shape index (κ2) is 7.50. The Hall–Kier alpha value is -2.34. The first-order valence-corrected chi connectivity index (χ1v) is 9.57. The van der Waals surface area contributed by atoms with E-state index < -0.39 is 0 Å². The predicted octanol–water partition coefficient (Wildman–Crippen LogP) is 3.65. The molecule has 1 aliphatic heterocycles. The van der Waals surface area contributed by atoms with Crippen LogP contribution in [-0.4, -0.2) is 35.9 Å². The van der Waals surface area contributed by atoms with Gasteiger partial charge in [0.2, 0.25) is 0 Å². The number of nitrogens with one attached hydrogen (secondary N) is 1. The van der Waals surface area contributed by atoms with E-state index in [-0.39, 0.29) is 11.9 Å². The predicted molar refractivity (Wildman–Crippen MR) is 109 cm³/mol. The summed E-state index contributed by atoms with van der Waals surface area (Å²) in [6.07, 6.45) is 1.65. The molecule has 1 N–H and O–H groups in total. The molecule has 0 spiro atoms. The highest BCUT2D eigenvalue weighted by atomic mass is 32.2. The molecule has 6 heteroatoms. The summed E-state index contributed by atoms with van der Waals surface area (Å²) < 4.78 is 0. The summed E-state index contributed by atoms with van der Waals surface area (Å²) in [5, 5.41) is 3.62. The zero-order valence-electron chi connectivity index (χ0n) is 15.8. The van der Waals surface area contributed by atoms with Gasteiger partial charge in [-0.15, -0.1) is 0 Å². The quantitative estimate of drug-likeness (QED) is 0.898. The van der Waals surface area contributed by atoms with Gasteiger partial charge in [0, 0.05) is 31.6 Å². The maximum atomic E-state index is 12.5. The first-order valence-electron chi connectivity index (χ1n) is 8.58. The molecule has 0 aliphatic carbocycles. The second-order valence-electron chi connectivity index (χ2n) is 6.82. The van der Waals surface area contributed by atoms with Crippen LogP contribution in [0, 0.1) is 20.8 Å². The summed E-state index contributed by atoms with van der Waals surface area (Å²) in [6, 6.07) is 7.97. The van der Waals surface area contributed by atoms with Crippen molar-refractivity contribution in [3.05, 3.63) is 58.3 Å². The lowest BCUT2D eigenvalue weighted by Gasteiger charge is -2.14. The van der Waals surface area contributed by atoms with Gasteiger partial charge in [0.25, 0.3) is 5.91 Å². The molecule has 1 aromatic carbocycles. The van der Waals surface area contributed by atoms with Crippen molar-refractivity contribution in [3.63, 3.8) is 0 Å². The first-order chi connectivity index (χ1) is 12.3. The Kier molecular flexibility index (Phi) is 5.32. The summed E-state index contributed by atoms with van der Waals surface area (Å²) in [7, 11) is 3.80. The molecule has 0 saturated carbocycles. The molecule has 0 bridgehead atoms.